The van der Waals surface area contributed by atoms with Crippen LogP contribution < -0.4 is 5.32 Å². The Bertz CT molecular complexity index is 657. The molecule has 0 saturated carbocycles. The van der Waals surface area contributed by atoms with Gasteiger partial charge in [-0.15, -0.1) is 0 Å². The number of phenols is 1. The predicted octanol–water partition coefficient (Wildman–Crippen LogP) is 2.38. The average Bonchev–Trinajstić information content (AvgIpc) is 2.85. The van der Waals surface area contributed by atoms with Crippen molar-refractivity contribution in [1.82, 2.24) is 0 Å². The Morgan fingerprint density at radius 3 is 2.84 bits per heavy atom. The lowest BCUT2D eigenvalue weighted by molar-refractivity contribution is -0.384. The Balaban J connectivity index is 2.15. The lowest BCUT2D eigenvalue weighted by Gasteiger charge is -2.05. The molecule has 2 N–H and O–H groups in total. The van der Waals surface area contributed by atoms with E-state index in [1.807, 2.05) is 6.07 Å². The van der Waals surface area contributed by atoms with E-state index in [0.717, 1.165) is 6.07 Å². The zero-order valence-corrected chi connectivity index (χ0v) is 9.66. The molecule has 0 unspecified atom stereocenters. The van der Waals surface area contributed by atoms with Crippen molar-refractivity contribution < 1.29 is 14.4 Å². The number of nitrogens with one attached hydrogen (secondary N) is 1. The monoisotopic (exact) mass is 259 g/mol. The summed E-state index contributed by atoms with van der Waals surface area (Å²) in [6.45, 7) is 0.202. The highest BCUT2D eigenvalue weighted by molar-refractivity contribution is 5.63. The van der Waals surface area contributed by atoms with E-state index >= 15 is 0 Å². The minimum absolute atomic E-state index is 0.178. The molecule has 1 heterocycles. The molecular weight excluding hydrogens is 250 g/mol. The van der Waals surface area contributed by atoms with E-state index < -0.39 is 4.92 Å². The van der Waals surface area contributed by atoms with E-state index in [9.17, 15) is 15.2 Å². The molecule has 0 bridgehead atoms. The van der Waals surface area contributed by atoms with E-state index in [1.54, 1.807) is 6.07 Å². The van der Waals surface area contributed by atoms with Crippen molar-refractivity contribution in [3.05, 3.63) is 52.0 Å². The Labute approximate surface area is 107 Å². The third-order valence-electron chi connectivity index (χ3n) is 2.40. The summed E-state index contributed by atoms with van der Waals surface area (Å²) in [5, 5.41) is 31.5. The van der Waals surface area contributed by atoms with Crippen LogP contribution in [0.15, 0.2) is 34.7 Å². The van der Waals surface area contributed by atoms with Gasteiger partial charge in [0.05, 0.1) is 17.5 Å². The fourth-order valence-electron chi connectivity index (χ4n) is 1.54. The Morgan fingerprint density at radius 2 is 2.21 bits per heavy atom. The fourth-order valence-corrected chi connectivity index (χ4v) is 1.54. The van der Waals surface area contributed by atoms with E-state index in [2.05, 4.69) is 5.32 Å². The number of nitro groups is 1. The molecule has 1 aromatic heterocycles. The summed E-state index contributed by atoms with van der Waals surface area (Å²) in [7, 11) is 0. The molecule has 7 heteroatoms. The predicted molar refractivity (Wildman–Crippen MR) is 65.5 cm³/mol. The maximum Gasteiger partial charge on any atom is 0.296 e. The number of furan rings is 1. The van der Waals surface area contributed by atoms with Gasteiger partial charge in [-0.05, 0) is 24.3 Å². The molecule has 0 amide bonds. The minimum atomic E-state index is -0.592. The van der Waals surface area contributed by atoms with Crippen molar-refractivity contribution in [2.24, 2.45) is 0 Å². The number of benzene rings is 1. The normalized spacial score (nSPS) is 9.84. The maximum atomic E-state index is 10.8. The maximum absolute atomic E-state index is 10.8. The van der Waals surface area contributed by atoms with Gasteiger partial charge in [0.25, 0.3) is 5.69 Å². The Kier molecular flexibility index (Phi) is 3.34. The van der Waals surface area contributed by atoms with E-state index in [4.69, 9.17) is 9.68 Å². The minimum Gasteiger partial charge on any atom is -0.508 e. The molecule has 0 aliphatic rings. The van der Waals surface area contributed by atoms with Crippen molar-refractivity contribution >= 4 is 11.4 Å². The second-order valence-electron chi connectivity index (χ2n) is 3.69. The van der Waals surface area contributed by atoms with Crippen molar-refractivity contribution in [2.45, 2.75) is 6.54 Å². The molecule has 0 atom stereocenters. The van der Waals surface area contributed by atoms with Crippen LogP contribution in [0.25, 0.3) is 0 Å². The second-order valence-corrected chi connectivity index (χ2v) is 3.69. The number of phenolic OH excluding ortho intramolecular Hbond substituents is 1. The van der Waals surface area contributed by atoms with Crippen LogP contribution in [0.4, 0.5) is 11.4 Å². The van der Waals surface area contributed by atoms with Crippen LogP contribution >= 0.6 is 0 Å². The summed E-state index contributed by atoms with van der Waals surface area (Å²) in [5.41, 5.74) is 0.0322. The van der Waals surface area contributed by atoms with Crippen molar-refractivity contribution in [2.75, 3.05) is 5.32 Å². The van der Waals surface area contributed by atoms with Crippen LogP contribution in [0.5, 0.6) is 5.75 Å². The van der Waals surface area contributed by atoms with Gasteiger partial charge in [0, 0.05) is 0 Å². The topological polar surface area (TPSA) is 112 Å². The largest absolute Gasteiger partial charge is 0.508 e. The highest BCUT2D eigenvalue weighted by Gasteiger charge is 2.14. The summed E-state index contributed by atoms with van der Waals surface area (Å²) in [5.74, 6) is 0.484. The van der Waals surface area contributed by atoms with Crippen molar-refractivity contribution in [1.29, 1.82) is 5.26 Å². The van der Waals surface area contributed by atoms with E-state index in [0.29, 0.717) is 5.76 Å². The summed E-state index contributed by atoms with van der Waals surface area (Å²) < 4.78 is 5.14. The van der Waals surface area contributed by atoms with Gasteiger partial charge in [-0.3, -0.25) is 10.1 Å². The smallest absolute Gasteiger partial charge is 0.296 e. The van der Waals surface area contributed by atoms with Gasteiger partial charge in [0.2, 0.25) is 5.76 Å². The lowest BCUT2D eigenvalue weighted by atomic mass is 10.2. The Hall–Kier alpha value is -3.01. The molecule has 0 aliphatic heterocycles. The lowest BCUT2D eigenvalue weighted by Crippen LogP contribution is -2.01. The van der Waals surface area contributed by atoms with E-state index in [-0.39, 0.29) is 29.4 Å². The molecule has 0 saturated heterocycles. The first-order chi connectivity index (χ1) is 9.10. The zero-order chi connectivity index (χ0) is 13.8. The van der Waals surface area contributed by atoms with Gasteiger partial charge >= 0.3 is 0 Å². The van der Waals surface area contributed by atoms with Gasteiger partial charge in [0.15, 0.2) is 0 Å². The zero-order valence-electron chi connectivity index (χ0n) is 9.66. The van der Waals surface area contributed by atoms with Crippen molar-refractivity contribution in [3.8, 4) is 11.8 Å². The summed E-state index contributed by atoms with van der Waals surface area (Å²) in [4.78, 5) is 10.2. The molecule has 0 radical (unpaired) electrons. The molecule has 7 nitrogen and oxygen atoms in total. The van der Waals surface area contributed by atoms with Gasteiger partial charge in [-0.25, -0.2) is 0 Å². The van der Waals surface area contributed by atoms with Crippen LogP contribution in [-0.4, -0.2) is 10.0 Å². The Morgan fingerprint density at radius 1 is 1.42 bits per heavy atom. The number of aromatic hydroxyl groups is 1. The van der Waals surface area contributed by atoms with Gasteiger partial charge in [-0.2, -0.15) is 5.26 Å². The fraction of sp³-hybridized carbons (Fsp3) is 0.0833. The molecule has 1 aromatic carbocycles. The first-order valence-corrected chi connectivity index (χ1v) is 5.30. The molecule has 2 rings (SSSR count). The third-order valence-corrected chi connectivity index (χ3v) is 2.40. The van der Waals surface area contributed by atoms with Crippen LogP contribution in [0.2, 0.25) is 0 Å². The SMILES string of the molecule is N#Cc1ccc(CNc2ccc(O)cc2[N+](=O)[O-])o1. The quantitative estimate of drug-likeness (QED) is 0.495. The van der Waals surface area contributed by atoms with Crippen LogP contribution in [0.3, 0.4) is 0 Å². The summed E-state index contributed by atoms with van der Waals surface area (Å²) in [6, 6.07) is 8.78. The molecule has 0 spiro atoms. The van der Waals surface area contributed by atoms with Crippen LogP contribution in [0, 0.1) is 21.4 Å². The average molecular weight is 259 g/mol. The number of anilines is 1. The first kappa shape index (κ1) is 12.4. The van der Waals surface area contributed by atoms with Crippen molar-refractivity contribution in [3.63, 3.8) is 0 Å². The molecule has 0 fully saturated rings. The van der Waals surface area contributed by atoms with Crippen LogP contribution in [-0.2, 0) is 6.54 Å². The molecule has 96 valence electrons. The second kappa shape index (κ2) is 5.10. The standard InChI is InChI=1S/C12H9N3O4/c13-6-9-2-3-10(19-9)7-14-11-4-1-8(16)5-12(11)15(17)18/h1-5,14,16H,7H2. The highest BCUT2D eigenvalue weighted by Crippen LogP contribution is 2.28. The first-order valence-electron chi connectivity index (χ1n) is 5.30. The number of nitro benzene ring substituents is 1. The highest BCUT2D eigenvalue weighted by atomic mass is 16.6. The number of nitrogens with zero attached hydrogens (tertiary/aromatic N) is 2. The number of nitriles is 1. The number of rotatable bonds is 4. The van der Waals surface area contributed by atoms with Gasteiger partial charge in [0.1, 0.15) is 23.3 Å². The molecular formula is C12H9N3O4. The number of hydrogen-bond acceptors (Lipinski definition) is 6. The van der Waals surface area contributed by atoms with Gasteiger partial charge in [-0.1, -0.05) is 0 Å². The summed E-state index contributed by atoms with van der Waals surface area (Å²) in [6.07, 6.45) is 0. The summed E-state index contributed by atoms with van der Waals surface area (Å²) >= 11 is 0. The number of hydrogen-bond donors (Lipinski definition) is 2. The van der Waals surface area contributed by atoms with E-state index in [1.165, 1.54) is 18.2 Å². The van der Waals surface area contributed by atoms with Crippen LogP contribution in [0.1, 0.15) is 11.5 Å². The molecule has 2 aromatic rings. The van der Waals surface area contributed by atoms with Gasteiger partial charge < -0.3 is 14.8 Å². The molecule has 19 heavy (non-hydrogen) atoms. The molecule has 0 aliphatic carbocycles. The third kappa shape index (κ3) is 2.81.